The number of carboxylic acids is 1. The zero-order valence-corrected chi connectivity index (χ0v) is 20.7. The monoisotopic (exact) mass is 426 g/mol. The van der Waals surface area contributed by atoms with E-state index in [0.29, 0.717) is 6.42 Å². The van der Waals surface area contributed by atoms with Crippen LogP contribution in [0.3, 0.4) is 0 Å². The van der Waals surface area contributed by atoms with Gasteiger partial charge < -0.3 is 14.6 Å². The first-order valence-electron chi connectivity index (χ1n) is 11.4. The second-order valence-electron chi connectivity index (χ2n) is 9.51. The molecule has 0 fully saturated rings. The fraction of sp³-hybridized carbons (Fsp3) is 0.792. The third-order valence-corrected chi connectivity index (χ3v) is 10.3. The Morgan fingerprint density at radius 3 is 2.17 bits per heavy atom. The molecule has 5 heteroatoms. The Balaban J connectivity index is 4.64. The van der Waals surface area contributed by atoms with Crippen molar-refractivity contribution in [2.24, 2.45) is 0 Å². The molecule has 0 aliphatic rings. The minimum Gasteiger partial charge on any atom is -0.481 e. The molecule has 2 atom stereocenters. The van der Waals surface area contributed by atoms with Crippen molar-refractivity contribution < 1.29 is 19.4 Å². The highest BCUT2D eigenvalue weighted by Crippen LogP contribution is 2.38. The first-order chi connectivity index (χ1) is 13.5. The molecule has 0 saturated carbocycles. The van der Waals surface area contributed by atoms with E-state index in [1.54, 1.807) is 0 Å². The standard InChI is InChI=1S/C24H46O4Si/c1-7-8-9-10-12-15-18-21(25)22(28-29(5,6)24(2,3)4)19-16-13-11-14-17-20-23(26)27/h8-9,12,15,21-22,25H,7,10-11,13-14,16-20H2,1-6H3,(H,26,27). The van der Waals surface area contributed by atoms with Gasteiger partial charge in [0, 0.05) is 6.42 Å². The molecule has 2 unspecified atom stereocenters. The molecule has 0 aromatic carbocycles. The molecule has 0 saturated heterocycles. The largest absolute Gasteiger partial charge is 0.481 e. The third-order valence-electron chi connectivity index (χ3n) is 5.78. The van der Waals surface area contributed by atoms with Crippen LogP contribution in [0.4, 0.5) is 0 Å². The van der Waals surface area contributed by atoms with Gasteiger partial charge in [-0.3, -0.25) is 4.79 Å². The van der Waals surface area contributed by atoms with E-state index in [9.17, 15) is 9.90 Å². The van der Waals surface area contributed by atoms with Crippen molar-refractivity contribution in [3.05, 3.63) is 24.3 Å². The first kappa shape index (κ1) is 28.1. The number of carbonyl (C=O) groups is 1. The van der Waals surface area contributed by atoms with Gasteiger partial charge >= 0.3 is 5.97 Å². The Hall–Kier alpha value is -0.913. The molecule has 0 aromatic rings. The molecule has 29 heavy (non-hydrogen) atoms. The maximum atomic E-state index is 10.8. The molecule has 170 valence electrons. The Morgan fingerprint density at radius 1 is 1.00 bits per heavy atom. The average molecular weight is 427 g/mol. The number of carboxylic acid groups (broad SMARTS) is 1. The van der Waals surface area contributed by atoms with Crippen LogP contribution in [0.25, 0.3) is 0 Å². The predicted molar refractivity (Wildman–Crippen MR) is 126 cm³/mol. The third kappa shape index (κ3) is 13.8. The molecular formula is C24H46O4Si. The fourth-order valence-electron chi connectivity index (χ4n) is 2.86. The Morgan fingerprint density at radius 2 is 1.59 bits per heavy atom. The number of aliphatic carboxylic acids is 1. The summed E-state index contributed by atoms with van der Waals surface area (Å²) in [5.41, 5.74) is 0. The van der Waals surface area contributed by atoms with Crippen LogP contribution in [0.1, 0.15) is 91.9 Å². The van der Waals surface area contributed by atoms with Gasteiger partial charge in [0.05, 0.1) is 12.2 Å². The fourth-order valence-corrected chi connectivity index (χ4v) is 4.25. The lowest BCUT2D eigenvalue weighted by Crippen LogP contribution is -2.47. The van der Waals surface area contributed by atoms with Crippen molar-refractivity contribution in [2.45, 2.75) is 122 Å². The summed E-state index contributed by atoms with van der Waals surface area (Å²) < 4.78 is 6.58. The van der Waals surface area contributed by atoms with Crippen LogP contribution in [-0.4, -0.2) is 36.7 Å². The van der Waals surface area contributed by atoms with Crippen molar-refractivity contribution >= 4 is 14.3 Å². The molecule has 0 heterocycles. The van der Waals surface area contributed by atoms with Gasteiger partial charge in [-0.25, -0.2) is 0 Å². The highest BCUT2D eigenvalue weighted by Gasteiger charge is 2.40. The van der Waals surface area contributed by atoms with Gasteiger partial charge in [0.25, 0.3) is 0 Å². The summed E-state index contributed by atoms with van der Waals surface area (Å²) in [6.07, 6.45) is 16.4. The van der Waals surface area contributed by atoms with Crippen molar-refractivity contribution in [1.82, 2.24) is 0 Å². The summed E-state index contributed by atoms with van der Waals surface area (Å²) in [6.45, 7) is 13.3. The Kier molecular flexibility index (Phi) is 14.5. The molecule has 0 aromatic heterocycles. The van der Waals surface area contributed by atoms with E-state index < -0.39 is 20.4 Å². The van der Waals surface area contributed by atoms with Gasteiger partial charge in [0.15, 0.2) is 8.32 Å². The average Bonchev–Trinajstić information content (AvgIpc) is 2.61. The molecule has 4 nitrogen and oxygen atoms in total. The number of unbranched alkanes of at least 4 members (excludes halogenated alkanes) is 4. The molecule has 0 amide bonds. The van der Waals surface area contributed by atoms with Gasteiger partial charge in [-0.1, -0.05) is 77.7 Å². The van der Waals surface area contributed by atoms with Crippen molar-refractivity contribution in [1.29, 1.82) is 0 Å². The zero-order chi connectivity index (χ0) is 22.3. The van der Waals surface area contributed by atoms with E-state index in [4.69, 9.17) is 9.53 Å². The van der Waals surface area contributed by atoms with E-state index in [0.717, 1.165) is 51.4 Å². The lowest BCUT2D eigenvalue weighted by atomic mass is 10.0. The van der Waals surface area contributed by atoms with Gasteiger partial charge in [0.1, 0.15) is 0 Å². The predicted octanol–water partition coefficient (Wildman–Crippen LogP) is 6.86. The van der Waals surface area contributed by atoms with Gasteiger partial charge in [-0.05, 0) is 50.2 Å². The second kappa shape index (κ2) is 15.0. The second-order valence-corrected chi connectivity index (χ2v) is 14.3. The van der Waals surface area contributed by atoms with Crippen LogP contribution in [0.5, 0.6) is 0 Å². The Labute approximate surface area is 180 Å². The number of aliphatic hydroxyl groups is 1. The first-order valence-corrected chi connectivity index (χ1v) is 14.3. The van der Waals surface area contributed by atoms with Crippen molar-refractivity contribution in [3.8, 4) is 0 Å². The number of rotatable bonds is 16. The van der Waals surface area contributed by atoms with E-state index in [1.807, 2.05) is 0 Å². The van der Waals surface area contributed by atoms with E-state index in [1.165, 1.54) is 0 Å². The van der Waals surface area contributed by atoms with Crippen LogP contribution in [0.2, 0.25) is 18.1 Å². The molecule has 0 aliphatic heterocycles. The van der Waals surface area contributed by atoms with E-state index in [2.05, 4.69) is 65.1 Å². The van der Waals surface area contributed by atoms with Crippen LogP contribution < -0.4 is 0 Å². The molecular weight excluding hydrogens is 380 g/mol. The van der Waals surface area contributed by atoms with Crippen molar-refractivity contribution in [3.63, 3.8) is 0 Å². The number of hydrogen-bond acceptors (Lipinski definition) is 3. The van der Waals surface area contributed by atoms with Crippen molar-refractivity contribution in [2.75, 3.05) is 0 Å². The summed E-state index contributed by atoms with van der Waals surface area (Å²) >= 11 is 0. The van der Waals surface area contributed by atoms with Gasteiger partial charge in [-0.15, -0.1) is 0 Å². The van der Waals surface area contributed by atoms with Crippen LogP contribution in [0, 0.1) is 0 Å². The summed E-state index contributed by atoms with van der Waals surface area (Å²) in [5.74, 6) is -0.714. The van der Waals surface area contributed by atoms with E-state index in [-0.39, 0.29) is 17.6 Å². The maximum absolute atomic E-state index is 10.8. The Bertz CT molecular complexity index is 492. The molecule has 0 rings (SSSR count). The smallest absolute Gasteiger partial charge is 0.303 e. The lowest BCUT2D eigenvalue weighted by Gasteiger charge is -2.40. The molecule has 2 N–H and O–H groups in total. The molecule has 0 bridgehead atoms. The quantitative estimate of drug-likeness (QED) is 0.161. The zero-order valence-electron chi connectivity index (χ0n) is 19.7. The minimum absolute atomic E-state index is 0.114. The van der Waals surface area contributed by atoms with E-state index >= 15 is 0 Å². The number of hydrogen-bond donors (Lipinski definition) is 2. The minimum atomic E-state index is -1.95. The highest BCUT2D eigenvalue weighted by atomic mass is 28.4. The van der Waals surface area contributed by atoms with Gasteiger partial charge in [0.2, 0.25) is 0 Å². The lowest BCUT2D eigenvalue weighted by molar-refractivity contribution is -0.137. The molecule has 0 spiro atoms. The molecule has 0 aliphatic carbocycles. The van der Waals surface area contributed by atoms with Crippen LogP contribution in [0.15, 0.2) is 24.3 Å². The SMILES string of the molecule is CCC=CCC=CCC(O)C(CCCCCCCC(=O)O)O[Si](C)(C)C(C)(C)C. The summed E-state index contributed by atoms with van der Waals surface area (Å²) in [5, 5.41) is 19.6. The summed E-state index contributed by atoms with van der Waals surface area (Å²) in [4.78, 5) is 10.6. The van der Waals surface area contributed by atoms with Crippen LogP contribution in [-0.2, 0) is 9.22 Å². The number of aliphatic hydroxyl groups excluding tert-OH is 1. The van der Waals surface area contributed by atoms with Gasteiger partial charge in [-0.2, -0.15) is 0 Å². The summed E-state index contributed by atoms with van der Waals surface area (Å²) in [6, 6.07) is 0. The number of allylic oxidation sites excluding steroid dienone is 3. The maximum Gasteiger partial charge on any atom is 0.303 e. The van der Waals surface area contributed by atoms with Crippen LogP contribution >= 0.6 is 0 Å². The normalized spacial score (nSPS) is 15.3. The summed E-state index contributed by atoms with van der Waals surface area (Å²) in [7, 11) is -1.95. The highest BCUT2D eigenvalue weighted by molar-refractivity contribution is 6.74. The topological polar surface area (TPSA) is 66.8 Å². The molecule has 0 radical (unpaired) electrons.